The second-order valence-electron chi connectivity index (χ2n) is 6.17. The molecule has 1 aromatic carbocycles. The first-order chi connectivity index (χ1) is 10.6. The Bertz CT molecular complexity index is 660. The molecule has 2 fully saturated rings. The minimum atomic E-state index is -0.229. The van der Waals surface area contributed by atoms with Crippen molar-refractivity contribution in [3.63, 3.8) is 0 Å². The number of hydrogen-bond donors (Lipinski definition) is 1. The van der Waals surface area contributed by atoms with Gasteiger partial charge in [0.05, 0.1) is 18.1 Å². The molecule has 5 nitrogen and oxygen atoms in total. The topological polar surface area (TPSA) is 70.0 Å². The van der Waals surface area contributed by atoms with E-state index in [1.54, 1.807) is 24.3 Å². The zero-order chi connectivity index (χ0) is 15.3. The van der Waals surface area contributed by atoms with E-state index >= 15 is 0 Å². The third-order valence-corrected chi connectivity index (χ3v) is 4.95. The van der Waals surface area contributed by atoms with E-state index in [1.165, 1.54) is 6.21 Å². The molecule has 2 bridgehead atoms. The van der Waals surface area contributed by atoms with Crippen molar-refractivity contribution in [2.45, 2.75) is 12.8 Å². The molecule has 22 heavy (non-hydrogen) atoms. The maximum Gasteiger partial charge on any atom is 0.254 e. The molecule has 3 aliphatic carbocycles. The van der Waals surface area contributed by atoms with E-state index in [2.05, 4.69) is 17.3 Å². The second kappa shape index (κ2) is 4.80. The van der Waals surface area contributed by atoms with Gasteiger partial charge in [0.25, 0.3) is 11.8 Å². The van der Waals surface area contributed by atoms with Crippen molar-refractivity contribution in [1.82, 2.24) is 5.01 Å². The Morgan fingerprint density at radius 3 is 2.05 bits per heavy atom. The maximum atomic E-state index is 12.5. The predicted molar refractivity (Wildman–Crippen MR) is 79.9 cm³/mol. The van der Waals surface area contributed by atoms with Gasteiger partial charge in [0, 0.05) is 0 Å². The molecule has 0 spiro atoms. The number of benzene rings is 1. The van der Waals surface area contributed by atoms with Crippen molar-refractivity contribution in [2.75, 3.05) is 0 Å². The van der Waals surface area contributed by atoms with Gasteiger partial charge in [-0.15, -0.1) is 0 Å². The summed E-state index contributed by atoms with van der Waals surface area (Å²) in [7, 11) is 0. The lowest BCUT2D eigenvalue weighted by atomic mass is 9.63. The molecule has 4 atom stereocenters. The van der Waals surface area contributed by atoms with Gasteiger partial charge >= 0.3 is 0 Å². The average molecular weight is 296 g/mol. The quantitative estimate of drug-likeness (QED) is 0.515. The molecule has 0 unspecified atom stereocenters. The number of fused-ring (bicyclic) bond motifs is 1. The third-order valence-electron chi connectivity index (χ3n) is 4.95. The number of hydrazone groups is 1. The molecule has 1 saturated heterocycles. The lowest BCUT2D eigenvalue weighted by Crippen LogP contribution is -2.38. The zero-order valence-electron chi connectivity index (χ0n) is 11.9. The number of rotatable bonds is 2. The van der Waals surface area contributed by atoms with E-state index < -0.39 is 0 Å². The van der Waals surface area contributed by atoms with Crippen LogP contribution in [0.2, 0.25) is 0 Å². The van der Waals surface area contributed by atoms with E-state index in [-0.39, 0.29) is 41.2 Å². The van der Waals surface area contributed by atoms with Gasteiger partial charge in [-0.3, -0.25) is 9.59 Å². The minimum Gasteiger partial charge on any atom is -0.508 e. The molecule has 1 N–H and O–H groups in total. The number of carbonyl (C=O) groups is 2. The number of imide groups is 1. The number of nitrogens with zero attached hydrogens (tertiary/aromatic N) is 2. The number of hydrogen-bond acceptors (Lipinski definition) is 4. The van der Waals surface area contributed by atoms with Gasteiger partial charge in [-0.1, -0.05) is 12.2 Å². The van der Waals surface area contributed by atoms with Crippen molar-refractivity contribution in [3.05, 3.63) is 42.0 Å². The summed E-state index contributed by atoms with van der Waals surface area (Å²) >= 11 is 0. The predicted octanol–water partition coefficient (Wildman–Crippen LogP) is 1.92. The molecule has 0 aromatic heterocycles. The van der Waals surface area contributed by atoms with Crippen molar-refractivity contribution in [3.8, 4) is 5.75 Å². The fraction of sp³-hybridized carbons (Fsp3) is 0.353. The summed E-state index contributed by atoms with van der Waals surface area (Å²) in [5, 5.41) is 14.4. The number of phenols is 1. The van der Waals surface area contributed by atoms with Crippen LogP contribution in [-0.2, 0) is 9.59 Å². The van der Waals surface area contributed by atoms with Crippen LogP contribution < -0.4 is 0 Å². The first kappa shape index (κ1) is 13.2. The molecule has 1 aromatic rings. The number of aromatic hydroxyl groups is 1. The van der Waals surface area contributed by atoms with E-state index in [4.69, 9.17) is 0 Å². The number of allylic oxidation sites excluding steroid dienone is 2. The molecule has 1 saturated carbocycles. The van der Waals surface area contributed by atoms with Crippen LogP contribution in [0.15, 0.2) is 41.5 Å². The normalized spacial score (nSPS) is 33.0. The number of carbonyl (C=O) groups excluding carboxylic acids is 2. The molecule has 5 heteroatoms. The molecule has 4 aliphatic rings. The van der Waals surface area contributed by atoms with Crippen LogP contribution in [0, 0.1) is 23.7 Å². The van der Waals surface area contributed by atoms with Crippen molar-refractivity contribution in [1.29, 1.82) is 0 Å². The standard InChI is InChI=1S/C17H16N2O3/c20-13-7-1-10(2-8-13)9-18-19-16(21)14-11-3-4-12(6-5-11)15(14)17(19)22/h1-4,7-9,11-12,14-15,20H,5-6H2/b18-9+/t11-,12+,14-,15+. The van der Waals surface area contributed by atoms with Gasteiger partial charge in [0.1, 0.15) is 5.75 Å². The number of amides is 2. The summed E-state index contributed by atoms with van der Waals surface area (Å²) in [5.74, 6) is -0.283. The second-order valence-corrected chi connectivity index (χ2v) is 6.17. The highest BCUT2D eigenvalue weighted by molar-refractivity contribution is 6.06. The molecule has 0 radical (unpaired) electrons. The van der Waals surface area contributed by atoms with Crippen molar-refractivity contribution < 1.29 is 14.7 Å². The molecule has 1 heterocycles. The van der Waals surface area contributed by atoms with Gasteiger partial charge < -0.3 is 5.11 Å². The third kappa shape index (κ3) is 1.89. The lowest BCUT2D eigenvalue weighted by molar-refractivity contribution is -0.140. The van der Waals surface area contributed by atoms with Gasteiger partial charge in [-0.2, -0.15) is 10.1 Å². The van der Waals surface area contributed by atoms with E-state index in [0.717, 1.165) is 23.4 Å². The highest BCUT2D eigenvalue weighted by Crippen LogP contribution is 2.49. The Hall–Kier alpha value is -2.43. The van der Waals surface area contributed by atoms with Gasteiger partial charge in [-0.05, 0) is 54.5 Å². The first-order valence-electron chi connectivity index (χ1n) is 7.54. The smallest absolute Gasteiger partial charge is 0.254 e. The first-order valence-corrected chi connectivity index (χ1v) is 7.54. The van der Waals surface area contributed by atoms with E-state index in [1.807, 2.05) is 0 Å². The zero-order valence-corrected chi connectivity index (χ0v) is 11.9. The van der Waals surface area contributed by atoms with Crippen LogP contribution in [0.4, 0.5) is 0 Å². The monoisotopic (exact) mass is 296 g/mol. The molecule has 5 rings (SSSR count). The Labute approximate surface area is 127 Å². The maximum absolute atomic E-state index is 12.5. The van der Waals surface area contributed by atoms with Crippen LogP contribution in [-0.4, -0.2) is 28.1 Å². The summed E-state index contributed by atoms with van der Waals surface area (Å²) in [6.45, 7) is 0. The van der Waals surface area contributed by atoms with Crippen LogP contribution in [0.1, 0.15) is 18.4 Å². The SMILES string of the molecule is O=C1[C@@H]2[C@H](C(=O)N1/N=C/c1ccc(O)cc1)[C@@H]1C=C[C@H]2CC1. The van der Waals surface area contributed by atoms with Gasteiger partial charge in [0.2, 0.25) is 0 Å². The van der Waals surface area contributed by atoms with Gasteiger partial charge in [0.15, 0.2) is 0 Å². The van der Waals surface area contributed by atoms with Crippen molar-refractivity contribution in [2.24, 2.45) is 28.8 Å². The molecule has 1 aliphatic heterocycles. The lowest BCUT2D eigenvalue weighted by Gasteiger charge is -2.37. The molecular formula is C17H16N2O3. The summed E-state index contributed by atoms with van der Waals surface area (Å²) in [5.41, 5.74) is 0.731. The highest BCUT2D eigenvalue weighted by Gasteiger charge is 2.56. The summed E-state index contributed by atoms with van der Waals surface area (Å²) < 4.78 is 0. The van der Waals surface area contributed by atoms with Crippen LogP contribution >= 0.6 is 0 Å². The summed E-state index contributed by atoms with van der Waals surface area (Å²) in [6.07, 6.45) is 7.64. The largest absolute Gasteiger partial charge is 0.508 e. The summed E-state index contributed by atoms with van der Waals surface area (Å²) in [6, 6.07) is 6.45. The fourth-order valence-corrected chi connectivity index (χ4v) is 3.86. The van der Waals surface area contributed by atoms with E-state index in [0.29, 0.717) is 0 Å². The van der Waals surface area contributed by atoms with Gasteiger partial charge in [-0.25, -0.2) is 0 Å². The Kier molecular flexibility index (Phi) is 2.89. The molecule has 112 valence electrons. The highest BCUT2D eigenvalue weighted by atomic mass is 16.3. The molecule has 2 amide bonds. The van der Waals surface area contributed by atoms with Crippen LogP contribution in [0.25, 0.3) is 0 Å². The summed E-state index contributed by atoms with van der Waals surface area (Å²) in [4.78, 5) is 25.1. The number of phenolic OH excluding ortho intramolecular Hbond substituents is 1. The van der Waals surface area contributed by atoms with E-state index in [9.17, 15) is 14.7 Å². The Morgan fingerprint density at radius 2 is 1.55 bits per heavy atom. The van der Waals surface area contributed by atoms with Crippen LogP contribution in [0.5, 0.6) is 5.75 Å². The average Bonchev–Trinajstić information content (AvgIpc) is 2.82. The Morgan fingerprint density at radius 1 is 1.00 bits per heavy atom. The molecular weight excluding hydrogens is 280 g/mol. The van der Waals surface area contributed by atoms with Crippen LogP contribution in [0.3, 0.4) is 0 Å². The minimum absolute atomic E-state index is 0.166. The van der Waals surface area contributed by atoms with Crippen molar-refractivity contribution >= 4 is 18.0 Å². The fourth-order valence-electron chi connectivity index (χ4n) is 3.86. The Balaban J connectivity index is 1.60.